The quantitative estimate of drug-likeness (QED) is 0.432. The van der Waals surface area contributed by atoms with E-state index in [4.69, 9.17) is 10.5 Å². The van der Waals surface area contributed by atoms with Crippen LogP contribution in [0.2, 0.25) is 0 Å². The number of sulfonamides is 1. The molecule has 0 aliphatic carbocycles. The number of anilines is 1. The van der Waals surface area contributed by atoms with Crippen LogP contribution in [0.15, 0.2) is 29.7 Å². The molecule has 0 fully saturated rings. The summed E-state index contributed by atoms with van der Waals surface area (Å²) < 4.78 is 57.4. The molecule has 0 aliphatic rings. The second-order valence-electron chi connectivity index (χ2n) is 3.90. The SMILES string of the molecule is C=CCCOCCNS(=O)(=O)c1cc(N)cc(F)c1F. The van der Waals surface area contributed by atoms with Crippen LogP contribution in [-0.4, -0.2) is 28.2 Å². The van der Waals surface area contributed by atoms with E-state index >= 15 is 0 Å². The van der Waals surface area contributed by atoms with Crippen LogP contribution in [0.3, 0.4) is 0 Å². The molecule has 0 unspecified atom stereocenters. The Labute approximate surface area is 116 Å². The number of ether oxygens (including phenoxy) is 1. The molecule has 0 spiro atoms. The molecule has 0 atom stereocenters. The molecule has 5 nitrogen and oxygen atoms in total. The van der Waals surface area contributed by atoms with E-state index in [-0.39, 0.29) is 18.8 Å². The van der Waals surface area contributed by atoms with E-state index in [2.05, 4.69) is 11.3 Å². The highest BCUT2D eigenvalue weighted by Gasteiger charge is 2.22. The van der Waals surface area contributed by atoms with Gasteiger partial charge in [-0.15, -0.1) is 6.58 Å². The van der Waals surface area contributed by atoms with Gasteiger partial charge < -0.3 is 10.5 Å². The molecule has 20 heavy (non-hydrogen) atoms. The highest BCUT2D eigenvalue weighted by atomic mass is 32.2. The highest BCUT2D eigenvalue weighted by molar-refractivity contribution is 7.89. The van der Waals surface area contributed by atoms with E-state index in [1.807, 2.05) is 0 Å². The second kappa shape index (κ2) is 7.32. The lowest BCUT2D eigenvalue weighted by atomic mass is 10.3. The molecule has 0 saturated heterocycles. The lowest BCUT2D eigenvalue weighted by molar-refractivity contribution is 0.144. The Hall–Kier alpha value is -1.51. The fourth-order valence-corrected chi connectivity index (χ4v) is 2.51. The number of benzene rings is 1. The molecule has 1 aromatic rings. The van der Waals surface area contributed by atoms with Crippen LogP contribution in [0.4, 0.5) is 14.5 Å². The van der Waals surface area contributed by atoms with E-state index in [1.54, 1.807) is 6.08 Å². The summed E-state index contributed by atoms with van der Waals surface area (Å²) in [6.45, 7) is 3.96. The van der Waals surface area contributed by atoms with Crippen molar-refractivity contribution in [2.75, 3.05) is 25.5 Å². The molecule has 0 radical (unpaired) electrons. The summed E-state index contributed by atoms with van der Waals surface area (Å²) in [5, 5.41) is 0. The second-order valence-corrected chi connectivity index (χ2v) is 5.64. The van der Waals surface area contributed by atoms with Gasteiger partial charge in [0.15, 0.2) is 11.6 Å². The Bertz CT molecular complexity index is 576. The minimum absolute atomic E-state index is 0.0602. The van der Waals surface area contributed by atoms with Gasteiger partial charge in [0.1, 0.15) is 4.90 Å². The topological polar surface area (TPSA) is 81.4 Å². The number of hydrogen-bond acceptors (Lipinski definition) is 4. The van der Waals surface area contributed by atoms with Crippen LogP contribution >= 0.6 is 0 Å². The van der Waals surface area contributed by atoms with Crippen molar-refractivity contribution in [2.24, 2.45) is 0 Å². The van der Waals surface area contributed by atoms with Gasteiger partial charge in [-0.3, -0.25) is 0 Å². The van der Waals surface area contributed by atoms with Crippen molar-refractivity contribution < 1.29 is 21.9 Å². The average Bonchev–Trinajstić information content (AvgIpc) is 2.37. The van der Waals surface area contributed by atoms with Crippen molar-refractivity contribution in [1.29, 1.82) is 0 Å². The summed E-state index contributed by atoms with van der Waals surface area (Å²) in [6.07, 6.45) is 2.30. The average molecular weight is 306 g/mol. The minimum atomic E-state index is -4.17. The van der Waals surface area contributed by atoms with Gasteiger partial charge in [0, 0.05) is 12.2 Å². The fraction of sp³-hybridized carbons (Fsp3) is 0.333. The number of halogens is 2. The van der Waals surface area contributed by atoms with Gasteiger partial charge in [0.25, 0.3) is 0 Å². The van der Waals surface area contributed by atoms with Crippen molar-refractivity contribution in [1.82, 2.24) is 4.72 Å². The molecule has 112 valence electrons. The first kappa shape index (κ1) is 16.5. The van der Waals surface area contributed by atoms with Gasteiger partial charge in [-0.05, 0) is 18.6 Å². The van der Waals surface area contributed by atoms with Crippen molar-refractivity contribution in [3.8, 4) is 0 Å². The Morgan fingerprint density at radius 2 is 2.05 bits per heavy atom. The molecular formula is C12H16F2N2O3S. The van der Waals surface area contributed by atoms with E-state index in [0.717, 1.165) is 6.07 Å². The van der Waals surface area contributed by atoms with Gasteiger partial charge in [-0.2, -0.15) is 0 Å². The minimum Gasteiger partial charge on any atom is -0.399 e. The molecule has 8 heteroatoms. The summed E-state index contributed by atoms with van der Waals surface area (Å²) in [7, 11) is -4.17. The first-order valence-electron chi connectivity index (χ1n) is 5.81. The molecular weight excluding hydrogens is 290 g/mol. The third kappa shape index (κ3) is 4.55. The number of nitrogens with one attached hydrogen (secondary N) is 1. The summed E-state index contributed by atoms with van der Waals surface area (Å²) >= 11 is 0. The monoisotopic (exact) mass is 306 g/mol. The maximum absolute atomic E-state index is 13.5. The lowest BCUT2D eigenvalue weighted by Gasteiger charge is -2.09. The zero-order chi connectivity index (χ0) is 15.2. The summed E-state index contributed by atoms with van der Waals surface area (Å²) in [4.78, 5) is -0.818. The van der Waals surface area contributed by atoms with Crippen molar-refractivity contribution in [2.45, 2.75) is 11.3 Å². The summed E-state index contributed by atoms with van der Waals surface area (Å²) in [5.74, 6) is -2.77. The van der Waals surface area contributed by atoms with Crippen LogP contribution < -0.4 is 10.5 Å². The fourth-order valence-electron chi connectivity index (χ4n) is 1.37. The third-order valence-electron chi connectivity index (χ3n) is 2.31. The zero-order valence-corrected chi connectivity index (χ0v) is 11.6. The predicted octanol–water partition coefficient (Wildman–Crippen LogP) is 1.42. The number of rotatable bonds is 8. The van der Waals surface area contributed by atoms with Crippen molar-refractivity contribution in [3.63, 3.8) is 0 Å². The number of nitrogens with two attached hydrogens (primary N) is 1. The highest BCUT2D eigenvalue weighted by Crippen LogP contribution is 2.20. The largest absolute Gasteiger partial charge is 0.399 e. The molecule has 0 amide bonds. The maximum Gasteiger partial charge on any atom is 0.243 e. The van der Waals surface area contributed by atoms with Crippen molar-refractivity contribution in [3.05, 3.63) is 36.4 Å². The van der Waals surface area contributed by atoms with Gasteiger partial charge in [0.05, 0.1) is 13.2 Å². The molecule has 1 aromatic carbocycles. The first-order valence-corrected chi connectivity index (χ1v) is 7.29. The lowest BCUT2D eigenvalue weighted by Crippen LogP contribution is -2.28. The van der Waals surface area contributed by atoms with E-state index in [1.165, 1.54) is 0 Å². The summed E-state index contributed by atoms with van der Waals surface area (Å²) in [6, 6.07) is 1.58. The van der Waals surface area contributed by atoms with E-state index in [9.17, 15) is 17.2 Å². The molecule has 0 bridgehead atoms. The molecule has 3 N–H and O–H groups in total. The normalized spacial score (nSPS) is 11.5. The smallest absolute Gasteiger partial charge is 0.243 e. The zero-order valence-electron chi connectivity index (χ0n) is 10.7. The maximum atomic E-state index is 13.5. The molecule has 0 heterocycles. The van der Waals surface area contributed by atoms with Gasteiger partial charge in [0.2, 0.25) is 10.0 Å². The molecule has 1 rings (SSSR count). The van der Waals surface area contributed by atoms with Crippen LogP contribution in [0.5, 0.6) is 0 Å². The third-order valence-corrected chi connectivity index (χ3v) is 3.77. The molecule has 0 aliphatic heterocycles. The van der Waals surface area contributed by atoms with Crippen LogP contribution in [-0.2, 0) is 14.8 Å². The Balaban J connectivity index is 2.67. The number of hydrogen-bond donors (Lipinski definition) is 2. The predicted molar refractivity (Wildman–Crippen MR) is 71.6 cm³/mol. The summed E-state index contributed by atoms with van der Waals surface area (Å²) in [5.41, 5.74) is 5.13. The van der Waals surface area contributed by atoms with Crippen LogP contribution in [0, 0.1) is 11.6 Å². The van der Waals surface area contributed by atoms with Crippen LogP contribution in [0.25, 0.3) is 0 Å². The Morgan fingerprint density at radius 3 is 2.70 bits per heavy atom. The standard InChI is InChI=1S/C12H16F2N2O3S/c1-2-3-5-19-6-4-16-20(17,18)11-8-9(15)7-10(13)12(11)14/h2,7-8,16H,1,3-6,15H2. The van der Waals surface area contributed by atoms with Crippen LogP contribution in [0.1, 0.15) is 6.42 Å². The Kier molecular flexibility index (Phi) is 6.05. The van der Waals surface area contributed by atoms with E-state index in [0.29, 0.717) is 19.1 Å². The number of nitrogen functional groups attached to an aromatic ring is 1. The van der Waals surface area contributed by atoms with E-state index < -0.39 is 26.6 Å². The first-order chi connectivity index (χ1) is 9.38. The molecule has 0 saturated carbocycles. The van der Waals surface area contributed by atoms with Gasteiger partial charge in [-0.25, -0.2) is 21.9 Å². The van der Waals surface area contributed by atoms with Gasteiger partial charge >= 0.3 is 0 Å². The molecule has 0 aromatic heterocycles. The van der Waals surface area contributed by atoms with Crippen molar-refractivity contribution >= 4 is 15.7 Å². The van der Waals surface area contributed by atoms with Gasteiger partial charge in [-0.1, -0.05) is 6.08 Å². The Morgan fingerprint density at radius 1 is 1.35 bits per heavy atom.